The molecule has 0 spiro atoms. The maximum absolute atomic E-state index is 5.79. The van der Waals surface area contributed by atoms with Crippen molar-refractivity contribution in [2.75, 3.05) is 31.2 Å². The van der Waals surface area contributed by atoms with Gasteiger partial charge in [-0.3, -0.25) is 0 Å². The lowest BCUT2D eigenvalue weighted by Crippen LogP contribution is -2.39. The minimum atomic E-state index is -0.114. The summed E-state index contributed by atoms with van der Waals surface area (Å²) in [5.41, 5.74) is 0. The Labute approximate surface area is 122 Å². The zero-order valence-corrected chi connectivity index (χ0v) is 12.1. The number of ether oxygens (including phenoxy) is 2. The molecule has 3 rings (SSSR count). The van der Waals surface area contributed by atoms with Crippen LogP contribution < -0.4 is 9.64 Å². The number of aryl methyl sites for hydroxylation is 1. The molecule has 0 radical (unpaired) electrons. The monoisotopic (exact) mass is 290 g/mol. The third-order valence-corrected chi connectivity index (χ3v) is 3.34. The third-order valence-electron chi connectivity index (χ3n) is 3.34. The van der Waals surface area contributed by atoms with Crippen LogP contribution in [0.1, 0.15) is 18.9 Å². The van der Waals surface area contributed by atoms with E-state index in [-0.39, 0.29) is 6.10 Å². The highest BCUT2D eigenvalue weighted by Crippen LogP contribution is 2.24. The Morgan fingerprint density at radius 3 is 3.10 bits per heavy atom. The second-order valence-electron chi connectivity index (χ2n) is 4.75. The van der Waals surface area contributed by atoms with Gasteiger partial charge in [0.25, 0.3) is 0 Å². The summed E-state index contributed by atoms with van der Waals surface area (Å²) in [6.45, 7) is 4.58. The van der Waals surface area contributed by atoms with Crippen LogP contribution in [0.4, 0.5) is 5.82 Å². The third kappa shape index (κ3) is 2.94. The molecule has 8 heteroatoms. The van der Waals surface area contributed by atoms with Gasteiger partial charge in [0, 0.05) is 19.7 Å². The van der Waals surface area contributed by atoms with Crippen LogP contribution in [0.2, 0.25) is 0 Å². The Kier molecular flexibility index (Phi) is 3.96. The molecule has 1 aliphatic heterocycles. The molecule has 0 saturated carbocycles. The van der Waals surface area contributed by atoms with Crippen LogP contribution in [0.5, 0.6) is 5.88 Å². The molecule has 0 bridgehead atoms. The average molecular weight is 290 g/mol. The summed E-state index contributed by atoms with van der Waals surface area (Å²) in [5.74, 6) is 2.24. The number of anilines is 1. The minimum absolute atomic E-state index is 0.114. The summed E-state index contributed by atoms with van der Waals surface area (Å²) in [7, 11) is 1.91. The molecule has 0 aromatic carbocycles. The molecule has 2 aromatic rings. The molecule has 0 aliphatic carbocycles. The van der Waals surface area contributed by atoms with E-state index in [1.54, 1.807) is 6.33 Å². The predicted molar refractivity (Wildman–Crippen MR) is 75.1 cm³/mol. The molecule has 3 heterocycles. The standard InChI is InChI=1S/C13H18N6O2/c1-3-20-12-6-11(14-8-15-12)19-4-5-21-10(7-19)13-17-16-9-18(13)2/h6,8-10H,3-5,7H2,1-2H3/t10-/m0/s1. The van der Waals surface area contributed by atoms with Gasteiger partial charge in [-0.05, 0) is 6.92 Å². The zero-order valence-electron chi connectivity index (χ0n) is 12.1. The van der Waals surface area contributed by atoms with Crippen molar-refractivity contribution in [2.45, 2.75) is 13.0 Å². The first-order chi connectivity index (χ1) is 10.3. The van der Waals surface area contributed by atoms with Gasteiger partial charge in [-0.25, -0.2) is 9.97 Å². The van der Waals surface area contributed by atoms with Crippen molar-refractivity contribution in [1.29, 1.82) is 0 Å². The van der Waals surface area contributed by atoms with E-state index in [9.17, 15) is 0 Å². The number of hydrogen-bond acceptors (Lipinski definition) is 7. The van der Waals surface area contributed by atoms with E-state index in [0.29, 0.717) is 25.6 Å². The number of nitrogens with zero attached hydrogens (tertiary/aromatic N) is 6. The zero-order chi connectivity index (χ0) is 14.7. The summed E-state index contributed by atoms with van der Waals surface area (Å²) in [5, 5.41) is 8.02. The van der Waals surface area contributed by atoms with E-state index in [2.05, 4.69) is 25.1 Å². The summed E-state index contributed by atoms with van der Waals surface area (Å²) in [4.78, 5) is 10.6. The fourth-order valence-corrected chi connectivity index (χ4v) is 2.33. The lowest BCUT2D eigenvalue weighted by Gasteiger charge is -2.33. The van der Waals surface area contributed by atoms with Gasteiger partial charge in [0.05, 0.1) is 19.8 Å². The van der Waals surface area contributed by atoms with Crippen LogP contribution in [-0.4, -0.2) is 51.0 Å². The summed E-state index contributed by atoms with van der Waals surface area (Å²) >= 11 is 0. The molecule has 1 aliphatic rings. The smallest absolute Gasteiger partial charge is 0.218 e. The normalized spacial score (nSPS) is 18.8. The average Bonchev–Trinajstić information content (AvgIpc) is 2.94. The van der Waals surface area contributed by atoms with Crippen molar-refractivity contribution in [2.24, 2.45) is 7.05 Å². The highest BCUT2D eigenvalue weighted by Gasteiger charge is 2.26. The molecule has 1 fully saturated rings. The van der Waals surface area contributed by atoms with Crippen LogP contribution in [0, 0.1) is 0 Å². The highest BCUT2D eigenvalue weighted by molar-refractivity contribution is 5.41. The number of aromatic nitrogens is 5. The molecular weight excluding hydrogens is 272 g/mol. The van der Waals surface area contributed by atoms with Crippen molar-refractivity contribution in [3.63, 3.8) is 0 Å². The Bertz CT molecular complexity index is 602. The fourth-order valence-electron chi connectivity index (χ4n) is 2.33. The Morgan fingerprint density at radius 1 is 1.43 bits per heavy atom. The van der Waals surface area contributed by atoms with Crippen molar-refractivity contribution in [3.05, 3.63) is 24.5 Å². The molecule has 1 atom stereocenters. The molecule has 2 aromatic heterocycles. The lowest BCUT2D eigenvalue weighted by atomic mass is 10.2. The van der Waals surface area contributed by atoms with E-state index in [1.165, 1.54) is 6.33 Å². The maximum Gasteiger partial charge on any atom is 0.218 e. The molecule has 0 unspecified atom stereocenters. The molecular formula is C13H18N6O2. The summed E-state index contributed by atoms with van der Waals surface area (Å²) < 4.78 is 13.1. The van der Waals surface area contributed by atoms with Crippen LogP contribution in [0.3, 0.4) is 0 Å². The summed E-state index contributed by atoms with van der Waals surface area (Å²) in [6, 6.07) is 1.85. The van der Waals surface area contributed by atoms with Crippen LogP contribution in [0.25, 0.3) is 0 Å². The number of rotatable bonds is 4. The van der Waals surface area contributed by atoms with E-state index >= 15 is 0 Å². The Hall–Kier alpha value is -2.22. The topological polar surface area (TPSA) is 78.2 Å². The first-order valence-electron chi connectivity index (χ1n) is 6.93. The molecule has 1 saturated heterocycles. The Morgan fingerprint density at radius 2 is 2.33 bits per heavy atom. The largest absolute Gasteiger partial charge is 0.478 e. The second-order valence-corrected chi connectivity index (χ2v) is 4.75. The molecule has 8 nitrogen and oxygen atoms in total. The van der Waals surface area contributed by atoms with Crippen molar-refractivity contribution in [3.8, 4) is 5.88 Å². The fraction of sp³-hybridized carbons (Fsp3) is 0.538. The SMILES string of the molecule is CCOc1cc(N2CCO[C@H](c3nncn3C)C2)ncn1. The second kappa shape index (κ2) is 6.04. The first-order valence-corrected chi connectivity index (χ1v) is 6.93. The van der Waals surface area contributed by atoms with Gasteiger partial charge in [-0.1, -0.05) is 0 Å². The van der Waals surface area contributed by atoms with E-state index in [0.717, 1.165) is 18.2 Å². The van der Waals surface area contributed by atoms with Gasteiger partial charge in [-0.2, -0.15) is 0 Å². The number of morpholine rings is 1. The van der Waals surface area contributed by atoms with Gasteiger partial charge in [0.2, 0.25) is 5.88 Å². The van der Waals surface area contributed by atoms with Crippen molar-refractivity contribution < 1.29 is 9.47 Å². The quantitative estimate of drug-likeness (QED) is 0.815. The lowest BCUT2D eigenvalue weighted by molar-refractivity contribution is 0.0318. The van der Waals surface area contributed by atoms with Crippen molar-refractivity contribution in [1.82, 2.24) is 24.7 Å². The van der Waals surface area contributed by atoms with Crippen molar-refractivity contribution >= 4 is 5.82 Å². The van der Waals surface area contributed by atoms with Gasteiger partial charge in [0.1, 0.15) is 24.6 Å². The maximum atomic E-state index is 5.79. The number of hydrogen-bond donors (Lipinski definition) is 0. The van der Waals surface area contributed by atoms with Crippen LogP contribution in [-0.2, 0) is 11.8 Å². The molecule has 0 amide bonds. The summed E-state index contributed by atoms with van der Waals surface area (Å²) in [6.07, 6.45) is 3.08. The van der Waals surface area contributed by atoms with E-state index in [4.69, 9.17) is 9.47 Å². The minimum Gasteiger partial charge on any atom is -0.478 e. The van der Waals surface area contributed by atoms with Crippen LogP contribution >= 0.6 is 0 Å². The van der Waals surface area contributed by atoms with E-state index < -0.39 is 0 Å². The predicted octanol–water partition coefficient (Wildman–Crippen LogP) is 0.582. The van der Waals surface area contributed by atoms with Gasteiger partial charge >= 0.3 is 0 Å². The molecule has 21 heavy (non-hydrogen) atoms. The molecule has 112 valence electrons. The Balaban J connectivity index is 1.77. The van der Waals surface area contributed by atoms with Gasteiger partial charge in [0.15, 0.2) is 5.82 Å². The van der Waals surface area contributed by atoms with Gasteiger partial charge < -0.3 is 18.9 Å². The van der Waals surface area contributed by atoms with E-state index in [1.807, 2.05) is 24.6 Å². The van der Waals surface area contributed by atoms with Crippen LogP contribution in [0.15, 0.2) is 18.7 Å². The first kappa shape index (κ1) is 13.7. The molecule has 0 N–H and O–H groups in total. The van der Waals surface area contributed by atoms with Gasteiger partial charge in [-0.15, -0.1) is 10.2 Å². The highest BCUT2D eigenvalue weighted by atomic mass is 16.5.